The van der Waals surface area contributed by atoms with Crippen LogP contribution in [0.15, 0.2) is 12.1 Å². The van der Waals surface area contributed by atoms with Crippen LogP contribution in [0.1, 0.15) is 43.7 Å². The van der Waals surface area contributed by atoms with Crippen molar-refractivity contribution in [2.24, 2.45) is 0 Å². The van der Waals surface area contributed by atoms with Crippen molar-refractivity contribution >= 4 is 0 Å². The van der Waals surface area contributed by atoms with Gasteiger partial charge in [-0.2, -0.15) is 0 Å². The Morgan fingerprint density at radius 1 is 1.38 bits per heavy atom. The van der Waals surface area contributed by atoms with Crippen molar-refractivity contribution in [3.8, 4) is 5.75 Å². The van der Waals surface area contributed by atoms with E-state index in [-0.39, 0.29) is 11.7 Å². The molecule has 1 aromatic rings. The summed E-state index contributed by atoms with van der Waals surface area (Å²) in [6.45, 7) is 4.04. The van der Waals surface area contributed by atoms with Crippen LogP contribution in [0.5, 0.6) is 5.75 Å². The lowest BCUT2D eigenvalue weighted by Gasteiger charge is -2.20. The summed E-state index contributed by atoms with van der Waals surface area (Å²) in [5.74, 6) is 0.386. The minimum atomic E-state index is -0.824. The van der Waals surface area contributed by atoms with Gasteiger partial charge in [-0.05, 0) is 30.4 Å². The number of methoxy groups -OCH3 is 1. The van der Waals surface area contributed by atoms with Crippen molar-refractivity contribution in [2.45, 2.75) is 38.2 Å². The van der Waals surface area contributed by atoms with Crippen LogP contribution in [0, 0.1) is 5.82 Å². The first-order chi connectivity index (χ1) is 7.48. The monoisotopic (exact) mass is 224 g/mol. The molecule has 0 amide bonds. The van der Waals surface area contributed by atoms with Gasteiger partial charge in [-0.3, -0.25) is 0 Å². The summed E-state index contributed by atoms with van der Waals surface area (Å²) in [7, 11) is 1.53. The molecule has 2 rings (SSSR count). The Morgan fingerprint density at radius 3 is 2.44 bits per heavy atom. The van der Waals surface area contributed by atoms with Gasteiger partial charge in [0.25, 0.3) is 0 Å². The average molecular weight is 224 g/mol. The van der Waals surface area contributed by atoms with Gasteiger partial charge in [0.15, 0.2) is 0 Å². The smallest absolute Gasteiger partial charge is 0.127 e. The van der Waals surface area contributed by atoms with Gasteiger partial charge in [0, 0.05) is 11.6 Å². The first kappa shape index (κ1) is 11.4. The minimum Gasteiger partial charge on any atom is -0.496 e. The molecular formula is C13H17FO2. The largest absolute Gasteiger partial charge is 0.496 e. The van der Waals surface area contributed by atoms with Gasteiger partial charge >= 0.3 is 0 Å². The van der Waals surface area contributed by atoms with E-state index >= 15 is 0 Å². The highest BCUT2D eigenvalue weighted by Gasteiger charge is 2.44. The fourth-order valence-corrected chi connectivity index (χ4v) is 2.13. The number of benzene rings is 1. The number of halogens is 1. The summed E-state index contributed by atoms with van der Waals surface area (Å²) >= 11 is 0. The quantitative estimate of drug-likeness (QED) is 0.855. The Hall–Kier alpha value is -1.09. The van der Waals surface area contributed by atoms with Crippen LogP contribution < -0.4 is 4.74 Å². The summed E-state index contributed by atoms with van der Waals surface area (Å²) in [5.41, 5.74) is 0.790. The average Bonchev–Trinajstić information content (AvgIpc) is 2.96. The fourth-order valence-electron chi connectivity index (χ4n) is 2.13. The molecule has 16 heavy (non-hydrogen) atoms. The number of rotatable bonds is 3. The number of ether oxygens (including phenoxy) is 1. The highest BCUT2D eigenvalue weighted by molar-refractivity contribution is 5.47. The van der Waals surface area contributed by atoms with E-state index < -0.39 is 5.60 Å². The third kappa shape index (κ3) is 1.80. The molecule has 1 N–H and O–H groups in total. The van der Waals surface area contributed by atoms with Gasteiger partial charge in [-0.1, -0.05) is 13.8 Å². The summed E-state index contributed by atoms with van der Waals surface area (Å²) in [6, 6.07) is 2.81. The molecular weight excluding hydrogens is 207 g/mol. The molecule has 0 unspecified atom stereocenters. The third-order valence-corrected chi connectivity index (χ3v) is 3.13. The molecule has 0 heterocycles. The third-order valence-electron chi connectivity index (χ3n) is 3.13. The molecule has 0 spiro atoms. The molecule has 0 atom stereocenters. The molecule has 3 heteroatoms. The van der Waals surface area contributed by atoms with E-state index in [4.69, 9.17) is 4.74 Å². The van der Waals surface area contributed by atoms with Gasteiger partial charge in [0.05, 0.1) is 12.7 Å². The molecule has 0 bridgehead atoms. The lowest BCUT2D eigenvalue weighted by atomic mass is 9.91. The first-order valence-electron chi connectivity index (χ1n) is 5.58. The van der Waals surface area contributed by atoms with Crippen molar-refractivity contribution in [1.29, 1.82) is 0 Å². The van der Waals surface area contributed by atoms with Crippen LogP contribution in [0.4, 0.5) is 4.39 Å². The zero-order valence-electron chi connectivity index (χ0n) is 9.88. The van der Waals surface area contributed by atoms with Crippen LogP contribution in [0.25, 0.3) is 0 Å². The molecule has 0 radical (unpaired) electrons. The van der Waals surface area contributed by atoms with Crippen LogP contribution in [-0.2, 0) is 5.60 Å². The van der Waals surface area contributed by atoms with Gasteiger partial charge < -0.3 is 9.84 Å². The summed E-state index contributed by atoms with van der Waals surface area (Å²) in [4.78, 5) is 0. The van der Waals surface area contributed by atoms with Crippen molar-refractivity contribution < 1.29 is 14.2 Å². The molecule has 1 aliphatic rings. The molecule has 1 fully saturated rings. The summed E-state index contributed by atoms with van der Waals surface area (Å²) in [6.07, 6.45) is 1.42. The minimum absolute atomic E-state index is 0.204. The highest BCUT2D eigenvalue weighted by atomic mass is 19.1. The normalized spacial score (nSPS) is 17.6. The van der Waals surface area contributed by atoms with E-state index in [1.165, 1.54) is 19.2 Å². The predicted octanol–water partition coefficient (Wildman–Crippen LogP) is 2.94. The Bertz CT molecular complexity index is 409. The highest BCUT2D eigenvalue weighted by Crippen LogP contribution is 2.49. The molecule has 1 aliphatic carbocycles. The number of aliphatic hydroxyl groups is 1. The zero-order chi connectivity index (χ0) is 11.9. The second kappa shape index (κ2) is 3.74. The maximum atomic E-state index is 13.4. The molecule has 1 saturated carbocycles. The molecule has 1 aromatic carbocycles. The van der Waals surface area contributed by atoms with E-state index in [9.17, 15) is 9.50 Å². The van der Waals surface area contributed by atoms with Crippen molar-refractivity contribution in [1.82, 2.24) is 0 Å². The van der Waals surface area contributed by atoms with E-state index in [0.29, 0.717) is 24.2 Å². The Balaban J connectivity index is 2.60. The predicted molar refractivity (Wildman–Crippen MR) is 60.2 cm³/mol. The zero-order valence-corrected chi connectivity index (χ0v) is 9.88. The second-order valence-electron chi connectivity index (χ2n) is 4.76. The number of hydrogen-bond acceptors (Lipinski definition) is 2. The molecule has 0 aromatic heterocycles. The number of hydrogen-bond donors (Lipinski definition) is 1. The summed E-state index contributed by atoms with van der Waals surface area (Å²) < 4.78 is 18.6. The van der Waals surface area contributed by atoms with E-state index in [2.05, 4.69) is 0 Å². The van der Waals surface area contributed by atoms with Crippen LogP contribution in [0.3, 0.4) is 0 Å². The fraction of sp³-hybridized carbons (Fsp3) is 0.538. The summed E-state index contributed by atoms with van der Waals surface area (Å²) in [5, 5.41) is 10.2. The Labute approximate surface area is 95.1 Å². The molecule has 0 aliphatic heterocycles. The molecule has 0 saturated heterocycles. The van der Waals surface area contributed by atoms with E-state index in [0.717, 1.165) is 5.56 Å². The van der Waals surface area contributed by atoms with Gasteiger partial charge in [0.2, 0.25) is 0 Å². The van der Waals surface area contributed by atoms with Gasteiger partial charge in [-0.15, -0.1) is 0 Å². The van der Waals surface area contributed by atoms with Gasteiger partial charge in [0.1, 0.15) is 11.6 Å². The van der Waals surface area contributed by atoms with E-state index in [1.807, 2.05) is 13.8 Å². The van der Waals surface area contributed by atoms with Crippen molar-refractivity contribution in [3.05, 3.63) is 29.1 Å². The van der Waals surface area contributed by atoms with Crippen LogP contribution in [0.2, 0.25) is 0 Å². The van der Waals surface area contributed by atoms with E-state index in [1.54, 1.807) is 0 Å². The lowest BCUT2D eigenvalue weighted by molar-refractivity contribution is 0.149. The first-order valence-corrected chi connectivity index (χ1v) is 5.58. The SMILES string of the molecule is COc1cc(F)cc(C2(O)CC2)c1C(C)C. The topological polar surface area (TPSA) is 29.5 Å². The second-order valence-corrected chi connectivity index (χ2v) is 4.76. The maximum absolute atomic E-state index is 13.4. The molecule has 88 valence electrons. The Morgan fingerprint density at radius 2 is 2.00 bits per heavy atom. The van der Waals surface area contributed by atoms with Crippen LogP contribution in [-0.4, -0.2) is 12.2 Å². The molecule has 2 nitrogen and oxygen atoms in total. The van der Waals surface area contributed by atoms with Crippen LogP contribution >= 0.6 is 0 Å². The maximum Gasteiger partial charge on any atom is 0.127 e. The standard InChI is InChI=1S/C13H17FO2/c1-8(2)12-10(13(15)4-5-13)6-9(14)7-11(12)16-3/h6-8,15H,4-5H2,1-3H3. The van der Waals surface area contributed by atoms with Crippen molar-refractivity contribution in [2.75, 3.05) is 7.11 Å². The van der Waals surface area contributed by atoms with Crippen molar-refractivity contribution in [3.63, 3.8) is 0 Å². The Kier molecular flexibility index (Phi) is 2.66. The lowest BCUT2D eigenvalue weighted by Crippen LogP contribution is -2.11. The van der Waals surface area contributed by atoms with Gasteiger partial charge in [-0.25, -0.2) is 4.39 Å².